The van der Waals surface area contributed by atoms with E-state index in [0.717, 1.165) is 31.5 Å². The Hall–Kier alpha value is -1.57. The molecule has 6 N–H and O–H groups in total. The molecule has 2 fully saturated rings. The number of nitrogens with one attached hydrogen (secondary N) is 2. The molecular formula is C25H44N6O3. The maximum atomic E-state index is 13.6. The highest BCUT2D eigenvalue weighted by atomic mass is 16.6. The lowest BCUT2D eigenvalue weighted by atomic mass is 9.73. The normalized spacial score (nSPS) is 32.6. The number of rotatable bonds is 8. The molecule has 0 spiro atoms. The smallest absolute Gasteiger partial charge is 0.232 e. The van der Waals surface area contributed by atoms with Crippen LogP contribution < -0.4 is 22.1 Å². The molecule has 5 unspecified atom stereocenters. The van der Waals surface area contributed by atoms with Gasteiger partial charge in [0, 0.05) is 18.7 Å². The van der Waals surface area contributed by atoms with Gasteiger partial charge >= 0.3 is 0 Å². The van der Waals surface area contributed by atoms with Gasteiger partial charge in [-0.05, 0) is 49.5 Å². The zero-order valence-electron chi connectivity index (χ0n) is 21.3. The first kappa shape index (κ1) is 27.0. The highest BCUT2D eigenvalue weighted by Crippen LogP contribution is 2.37. The summed E-state index contributed by atoms with van der Waals surface area (Å²) in [6.07, 6.45) is 2.99. The number of ether oxygens (including phenoxy) is 2. The molecule has 192 valence electrons. The molecule has 9 nitrogen and oxygen atoms in total. The van der Waals surface area contributed by atoms with E-state index >= 15 is 0 Å². The van der Waals surface area contributed by atoms with Crippen LogP contribution in [0.1, 0.15) is 59.8 Å². The number of carbonyl (C=O) groups excluding carboxylic acids is 1. The average molecular weight is 477 g/mol. The van der Waals surface area contributed by atoms with Gasteiger partial charge in [0.25, 0.3) is 0 Å². The van der Waals surface area contributed by atoms with Gasteiger partial charge in [0.1, 0.15) is 12.0 Å². The maximum absolute atomic E-state index is 13.6. The molecule has 5 atom stereocenters. The Bertz CT molecular complexity index is 758. The minimum atomic E-state index is -0.868. The van der Waals surface area contributed by atoms with Crippen molar-refractivity contribution < 1.29 is 14.3 Å². The molecule has 0 aliphatic carbocycles. The molecule has 0 aromatic heterocycles. The van der Waals surface area contributed by atoms with Crippen molar-refractivity contribution in [2.24, 2.45) is 39.6 Å². The second-order valence-electron chi connectivity index (χ2n) is 11.4. The average Bonchev–Trinajstić information content (AvgIpc) is 2.71. The summed E-state index contributed by atoms with van der Waals surface area (Å²) in [6.45, 7) is 11.3. The fourth-order valence-electron chi connectivity index (χ4n) is 5.39. The largest absolute Gasteiger partial charge is 0.376 e. The van der Waals surface area contributed by atoms with Crippen LogP contribution in [0.15, 0.2) is 4.99 Å². The molecule has 9 heteroatoms. The first-order valence-electron chi connectivity index (χ1n) is 12.8. The summed E-state index contributed by atoms with van der Waals surface area (Å²) < 4.78 is 11.4. The van der Waals surface area contributed by atoms with Gasteiger partial charge in [0.15, 0.2) is 0 Å². The third kappa shape index (κ3) is 6.98. The third-order valence-corrected chi connectivity index (χ3v) is 7.43. The molecule has 0 aromatic rings. The minimum Gasteiger partial charge on any atom is -0.376 e. The SMILES string of the molecule is CC(C)C1/N=C(/C(C(=O)NC2CNCCC2OC2COC2)C(N)N)CC(C)(C)CCC1CC#N. The molecular weight excluding hydrogens is 432 g/mol. The predicted octanol–water partition coefficient (Wildman–Crippen LogP) is 1.31. The van der Waals surface area contributed by atoms with E-state index < -0.39 is 12.1 Å². The van der Waals surface area contributed by atoms with Gasteiger partial charge in [-0.1, -0.05) is 27.7 Å². The Morgan fingerprint density at radius 2 is 2.09 bits per heavy atom. The summed E-state index contributed by atoms with van der Waals surface area (Å²) in [5.74, 6) is -0.521. The van der Waals surface area contributed by atoms with E-state index in [9.17, 15) is 10.1 Å². The van der Waals surface area contributed by atoms with Crippen LogP contribution in [0.3, 0.4) is 0 Å². The van der Waals surface area contributed by atoms with Crippen molar-refractivity contribution in [2.75, 3.05) is 26.3 Å². The van der Waals surface area contributed by atoms with Crippen LogP contribution in [-0.4, -0.2) is 68.4 Å². The summed E-state index contributed by atoms with van der Waals surface area (Å²) >= 11 is 0. The number of nitriles is 1. The molecule has 0 aromatic carbocycles. The zero-order chi connectivity index (χ0) is 24.9. The van der Waals surface area contributed by atoms with Gasteiger partial charge in [0.2, 0.25) is 5.91 Å². The van der Waals surface area contributed by atoms with E-state index in [0.29, 0.717) is 32.6 Å². The quantitative estimate of drug-likeness (QED) is 0.386. The van der Waals surface area contributed by atoms with Crippen LogP contribution >= 0.6 is 0 Å². The van der Waals surface area contributed by atoms with Gasteiger partial charge in [-0.2, -0.15) is 5.26 Å². The van der Waals surface area contributed by atoms with Crippen molar-refractivity contribution in [3.63, 3.8) is 0 Å². The van der Waals surface area contributed by atoms with Gasteiger partial charge in [-0.25, -0.2) is 0 Å². The lowest BCUT2D eigenvalue weighted by Crippen LogP contribution is -2.60. The summed E-state index contributed by atoms with van der Waals surface area (Å²) in [5, 5.41) is 16.0. The van der Waals surface area contributed by atoms with E-state index in [-0.39, 0.29) is 47.4 Å². The summed E-state index contributed by atoms with van der Waals surface area (Å²) in [4.78, 5) is 18.8. The number of piperidine rings is 1. The lowest BCUT2D eigenvalue weighted by molar-refractivity contribution is -0.165. The number of aliphatic imine (C=N–C) groups is 1. The number of carbonyl (C=O) groups is 1. The molecule has 3 aliphatic heterocycles. The molecule has 2 saturated heterocycles. The predicted molar refractivity (Wildman–Crippen MR) is 132 cm³/mol. The highest BCUT2D eigenvalue weighted by Gasteiger charge is 2.39. The molecule has 0 bridgehead atoms. The number of amides is 1. The third-order valence-electron chi connectivity index (χ3n) is 7.43. The molecule has 0 radical (unpaired) electrons. The number of hydrogen-bond donors (Lipinski definition) is 4. The lowest BCUT2D eigenvalue weighted by Gasteiger charge is -2.39. The Kier molecular flexibility index (Phi) is 9.47. The summed E-state index contributed by atoms with van der Waals surface area (Å²) in [5.41, 5.74) is 13.2. The van der Waals surface area contributed by atoms with E-state index in [2.05, 4.69) is 44.4 Å². The monoisotopic (exact) mass is 476 g/mol. The van der Waals surface area contributed by atoms with Gasteiger partial charge < -0.3 is 31.6 Å². The first-order valence-corrected chi connectivity index (χ1v) is 12.8. The summed E-state index contributed by atoms with van der Waals surface area (Å²) in [6, 6.07) is 2.14. The zero-order valence-corrected chi connectivity index (χ0v) is 21.3. The van der Waals surface area contributed by atoms with Crippen molar-refractivity contribution in [1.82, 2.24) is 10.6 Å². The van der Waals surface area contributed by atoms with Crippen LogP contribution in [0, 0.1) is 34.5 Å². The standard InChI is InChI=1S/C25H44N6O3/c1-15(2)22-16(6-9-26)5-8-25(3,4)11-18(30-22)21(23(27)28)24(32)31-19-12-29-10-7-20(19)34-17-13-33-14-17/h15-17,19-23,29H,5-8,10-14,27-28H2,1-4H3,(H,31,32)/b30-18+. The van der Waals surface area contributed by atoms with Crippen LogP contribution in [-0.2, 0) is 14.3 Å². The van der Waals surface area contributed by atoms with Crippen LogP contribution in [0.2, 0.25) is 0 Å². The second-order valence-corrected chi connectivity index (χ2v) is 11.4. The number of nitrogens with zero attached hydrogens (tertiary/aromatic N) is 2. The molecule has 1 amide bonds. The molecule has 0 saturated carbocycles. The van der Waals surface area contributed by atoms with E-state index in [4.69, 9.17) is 25.9 Å². The topological polar surface area (TPSA) is 148 Å². The Morgan fingerprint density at radius 1 is 1.35 bits per heavy atom. The fraction of sp³-hybridized carbons (Fsp3) is 0.880. The Morgan fingerprint density at radius 3 is 2.68 bits per heavy atom. The molecule has 3 rings (SSSR count). The number of hydrogen-bond acceptors (Lipinski definition) is 8. The van der Waals surface area contributed by atoms with E-state index in [1.807, 2.05) is 0 Å². The van der Waals surface area contributed by atoms with E-state index in [1.54, 1.807) is 0 Å². The molecule has 34 heavy (non-hydrogen) atoms. The van der Waals surface area contributed by atoms with Crippen molar-refractivity contribution in [2.45, 2.75) is 90.3 Å². The van der Waals surface area contributed by atoms with Gasteiger partial charge in [-0.3, -0.25) is 9.79 Å². The van der Waals surface area contributed by atoms with Crippen molar-refractivity contribution in [1.29, 1.82) is 5.26 Å². The second kappa shape index (κ2) is 11.9. The molecule has 3 aliphatic rings. The fourth-order valence-corrected chi connectivity index (χ4v) is 5.39. The number of nitrogens with two attached hydrogens (primary N) is 2. The Labute approximate surface area is 204 Å². The van der Waals surface area contributed by atoms with Crippen molar-refractivity contribution >= 4 is 11.6 Å². The minimum absolute atomic E-state index is 0.0363. The summed E-state index contributed by atoms with van der Waals surface area (Å²) in [7, 11) is 0. The van der Waals surface area contributed by atoms with Crippen molar-refractivity contribution in [3.05, 3.63) is 0 Å². The first-order chi connectivity index (χ1) is 16.1. The highest BCUT2D eigenvalue weighted by molar-refractivity contribution is 6.05. The van der Waals surface area contributed by atoms with Gasteiger partial charge in [0.05, 0.1) is 43.6 Å². The Balaban J connectivity index is 1.84. The maximum Gasteiger partial charge on any atom is 0.232 e. The van der Waals surface area contributed by atoms with Crippen LogP contribution in [0.25, 0.3) is 0 Å². The molecule has 3 heterocycles. The van der Waals surface area contributed by atoms with Crippen molar-refractivity contribution in [3.8, 4) is 6.07 Å². The van der Waals surface area contributed by atoms with Crippen LogP contribution in [0.5, 0.6) is 0 Å². The van der Waals surface area contributed by atoms with E-state index in [1.165, 1.54) is 0 Å². The van der Waals surface area contributed by atoms with Gasteiger partial charge in [-0.15, -0.1) is 0 Å². The van der Waals surface area contributed by atoms with Crippen LogP contribution in [0.4, 0.5) is 0 Å².